The number of nitriles is 1. The Hall–Kier alpha value is -1.96. The number of nitrogens with one attached hydrogen (secondary N) is 1. The van der Waals surface area contributed by atoms with Crippen molar-refractivity contribution in [3.8, 4) is 6.07 Å². The highest BCUT2D eigenvalue weighted by molar-refractivity contribution is 5.46. The average Bonchev–Trinajstić information content (AvgIpc) is 2.39. The van der Waals surface area contributed by atoms with Crippen LogP contribution in [0.4, 0.5) is 0 Å². The predicted octanol–water partition coefficient (Wildman–Crippen LogP) is 1.96. The molecule has 0 saturated carbocycles. The summed E-state index contributed by atoms with van der Waals surface area (Å²) in [6.07, 6.45) is 6.07. The van der Waals surface area contributed by atoms with Crippen molar-refractivity contribution in [3.05, 3.63) is 23.8 Å². The summed E-state index contributed by atoms with van der Waals surface area (Å²) in [6, 6.07) is 1.68. The molecule has 0 spiro atoms. The highest BCUT2D eigenvalue weighted by Gasteiger charge is 2.05. The maximum absolute atomic E-state index is 10.1. The normalized spacial score (nSPS) is 10.5. The van der Waals surface area contributed by atoms with Crippen molar-refractivity contribution in [2.24, 2.45) is 0 Å². The zero-order valence-electron chi connectivity index (χ0n) is 10.5. The van der Waals surface area contributed by atoms with Crippen LogP contribution in [0.5, 0.6) is 0 Å². The van der Waals surface area contributed by atoms with Gasteiger partial charge in [0.1, 0.15) is 11.9 Å². The monoisotopic (exact) mass is 234 g/mol. The Morgan fingerprint density at radius 2 is 1.94 bits per heavy atom. The number of carbonyl (C=O) groups excluding carboxylic acids is 1. The standard InChI is InChI=1S/C8H8N4O.C4H10/c1-6(12-5-13)8-10-3-7(2-9)4-11-8;1-3-4-2/h3-6H,1H3,(H,12,13);3-4H2,1-2H3/t6-;/m0./s1. The Balaban J connectivity index is 0.000000557. The third-order valence-corrected chi connectivity index (χ3v) is 2.01. The molecule has 0 aliphatic carbocycles. The summed E-state index contributed by atoms with van der Waals surface area (Å²) < 4.78 is 0. The van der Waals surface area contributed by atoms with E-state index in [2.05, 4.69) is 29.1 Å². The van der Waals surface area contributed by atoms with Gasteiger partial charge in [0.05, 0.1) is 11.6 Å². The third-order valence-electron chi connectivity index (χ3n) is 2.01. The second-order valence-electron chi connectivity index (χ2n) is 3.45. The molecular formula is C12H18N4O. The van der Waals surface area contributed by atoms with Gasteiger partial charge in [-0.2, -0.15) is 5.26 Å². The largest absolute Gasteiger partial charge is 0.349 e. The number of hydrogen-bond acceptors (Lipinski definition) is 4. The van der Waals surface area contributed by atoms with Crippen LogP contribution in [-0.4, -0.2) is 16.4 Å². The highest BCUT2D eigenvalue weighted by atomic mass is 16.1. The van der Waals surface area contributed by atoms with Crippen molar-refractivity contribution >= 4 is 6.41 Å². The second-order valence-corrected chi connectivity index (χ2v) is 3.45. The molecule has 1 N–H and O–H groups in total. The molecule has 0 radical (unpaired) electrons. The van der Waals surface area contributed by atoms with Crippen molar-refractivity contribution < 1.29 is 4.79 Å². The van der Waals surface area contributed by atoms with Gasteiger partial charge in [-0.15, -0.1) is 0 Å². The minimum atomic E-state index is -0.231. The quantitative estimate of drug-likeness (QED) is 0.808. The molecule has 5 nitrogen and oxygen atoms in total. The molecule has 0 saturated heterocycles. The Bertz CT molecular complexity index is 354. The van der Waals surface area contributed by atoms with Crippen LogP contribution in [0, 0.1) is 11.3 Å². The molecular weight excluding hydrogens is 216 g/mol. The number of nitrogens with zero attached hydrogens (tertiary/aromatic N) is 3. The predicted molar refractivity (Wildman–Crippen MR) is 64.9 cm³/mol. The minimum absolute atomic E-state index is 0.231. The van der Waals surface area contributed by atoms with Gasteiger partial charge in [0, 0.05) is 12.4 Å². The first kappa shape index (κ1) is 15.0. The molecule has 5 heteroatoms. The van der Waals surface area contributed by atoms with E-state index in [1.165, 1.54) is 25.2 Å². The first-order valence-electron chi connectivity index (χ1n) is 5.61. The van der Waals surface area contributed by atoms with Crippen LogP contribution in [0.15, 0.2) is 12.4 Å². The number of unbranched alkanes of at least 4 members (excludes halogenated alkanes) is 1. The van der Waals surface area contributed by atoms with Gasteiger partial charge < -0.3 is 5.32 Å². The Kier molecular flexibility index (Phi) is 8.21. The summed E-state index contributed by atoms with van der Waals surface area (Å²) in [4.78, 5) is 17.9. The molecule has 1 aromatic rings. The average molecular weight is 234 g/mol. The van der Waals surface area contributed by atoms with E-state index in [9.17, 15) is 4.79 Å². The van der Waals surface area contributed by atoms with Crippen LogP contribution in [-0.2, 0) is 4.79 Å². The molecule has 0 aliphatic heterocycles. The lowest BCUT2D eigenvalue weighted by Crippen LogP contribution is -2.18. The van der Waals surface area contributed by atoms with Crippen LogP contribution in [0.3, 0.4) is 0 Å². The Morgan fingerprint density at radius 1 is 1.41 bits per heavy atom. The van der Waals surface area contributed by atoms with Crippen LogP contribution < -0.4 is 5.32 Å². The first-order valence-corrected chi connectivity index (χ1v) is 5.61. The summed E-state index contributed by atoms with van der Waals surface area (Å²) in [6.45, 7) is 6.12. The number of amides is 1. The molecule has 0 aromatic carbocycles. The van der Waals surface area contributed by atoms with E-state index in [4.69, 9.17) is 5.26 Å². The molecule has 1 rings (SSSR count). The van der Waals surface area contributed by atoms with E-state index in [1.54, 1.807) is 6.92 Å². The molecule has 17 heavy (non-hydrogen) atoms. The van der Waals surface area contributed by atoms with Gasteiger partial charge in [0.2, 0.25) is 6.41 Å². The van der Waals surface area contributed by atoms with E-state index < -0.39 is 0 Å². The van der Waals surface area contributed by atoms with Gasteiger partial charge in [-0.25, -0.2) is 9.97 Å². The van der Waals surface area contributed by atoms with Gasteiger partial charge in [0.25, 0.3) is 0 Å². The lowest BCUT2D eigenvalue weighted by molar-refractivity contribution is -0.110. The van der Waals surface area contributed by atoms with E-state index >= 15 is 0 Å². The topological polar surface area (TPSA) is 78.7 Å². The van der Waals surface area contributed by atoms with Crippen LogP contribution >= 0.6 is 0 Å². The summed E-state index contributed by atoms with van der Waals surface area (Å²) in [5.41, 5.74) is 0.405. The third kappa shape index (κ3) is 6.25. The molecule has 0 unspecified atom stereocenters. The molecule has 1 amide bonds. The Morgan fingerprint density at radius 3 is 2.29 bits per heavy atom. The van der Waals surface area contributed by atoms with E-state index in [1.807, 2.05) is 6.07 Å². The molecule has 1 aromatic heterocycles. The fourth-order valence-electron chi connectivity index (χ4n) is 0.796. The van der Waals surface area contributed by atoms with E-state index in [0.717, 1.165) is 0 Å². The van der Waals surface area contributed by atoms with Crippen molar-refractivity contribution in [2.75, 3.05) is 0 Å². The van der Waals surface area contributed by atoms with Crippen molar-refractivity contribution in [3.63, 3.8) is 0 Å². The Labute approximate surface area is 102 Å². The van der Waals surface area contributed by atoms with Crippen LogP contribution in [0.1, 0.15) is 51.0 Å². The lowest BCUT2D eigenvalue weighted by Gasteiger charge is -2.06. The van der Waals surface area contributed by atoms with Gasteiger partial charge in [-0.05, 0) is 6.92 Å². The zero-order chi connectivity index (χ0) is 13.1. The maximum Gasteiger partial charge on any atom is 0.207 e. The fourth-order valence-corrected chi connectivity index (χ4v) is 0.796. The number of hydrogen-bond donors (Lipinski definition) is 1. The number of aromatic nitrogens is 2. The van der Waals surface area contributed by atoms with Crippen LogP contribution in [0.2, 0.25) is 0 Å². The van der Waals surface area contributed by atoms with Crippen molar-refractivity contribution in [2.45, 2.75) is 39.7 Å². The molecule has 1 heterocycles. The lowest BCUT2D eigenvalue weighted by atomic mass is 10.3. The number of carbonyl (C=O) groups is 1. The second kappa shape index (κ2) is 9.28. The van der Waals surface area contributed by atoms with Gasteiger partial charge in [-0.1, -0.05) is 26.7 Å². The summed E-state index contributed by atoms with van der Waals surface area (Å²) in [5.74, 6) is 0.492. The van der Waals surface area contributed by atoms with Crippen molar-refractivity contribution in [1.29, 1.82) is 5.26 Å². The first-order chi connectivity index (χ1) is 8.19. The molecule has 0 fully saturated rings. The molecule has 0 bridgehead atoms. The summed E-state index contributed by atoms with van der Waals surface area (Å²) in [7, 11) is 0. The summed E-state index contributed by atoms with van der Waals surface area (Å²) >= 11 is 0. The van der Waals surface area contributed by atoms with Gasteiger partial charge in [-0.3, -0.25) is 4.79 Å². The van der Waals surface area contributed by atoms with Crippen molar-refractivity contribution in [1.82, 2.24) is 15.3 Å². The number of rotatable bonds is 4. The smallest absolute Gasteiger partial charge is 0.207 e. The van der Waals surface area contributed by atoms with E-state index in [-0.39, 0.29) is 6.04 Å². The molecule has 0 aliphatic rings. The molecule has 92 valence electrons. The SMILES string of the molecule is CCCC.C[C@H](NC=O)c1ncc(C#N)cn1. The fraction of sp³-hybridized carbons (Fsp3) is 0.500. The maximum atomic E-state index is 10.1. The van der Waals surface area contributed by atoms with Gasteiger partial charge >= 0.3 is 0 Å². The van der Waals surface area contributed by atoms with Gasteiger partial charge in [0.15, 0.2) is 0 Å². The van der Waals surface area contributed by atoms with E-state index in [0.29, 0.717) is 17.8 Å². The summed E-state index contributed by atoms with van der Waals surface area (Å²) in [5, 5.41) is 11.0. The zero-order valence-corrected chi connectivity index (χ0v) is 10.5. The molecule has 1 atom stereocenters. The highest BCUT2D eigenvalue weighted by Crippen LogP contribution is 2.04. The van der Waals surface area contributed by atoms with Crippen LogP contribution in [0.25, 0.3) is 0 Å². The minimum Gasteiger partial charge on any atom is -0.349 e.